The second kappa shape index (κ2) is 8.44. The van der Waals surface area contributed by atoms with E-state index in [1.54, 1.807) is 14.2 Å². The smallest absolute Gasteiger partial charge is 0.126 e. The molecule has 0 saturated heterocycles. The van der Waals surface area contributed by atoms with Gasteiger partial charge >= 0.3 is 0 Å². The van der Waals surface area contributed by atoms with Crippen molar-refractivity contribution in [1.82, 2.24) is 0 Å². The lowest BCUT2D eigenvalue weighted by Gasteiger charge is -2.23. The molecule has 0 spiro atoms. The first-order valence-electron chi connectivity index (χ1n) is 8.45. The molecule has 5 heteroatoms. The van der Waals surface area contributed by atoms with Crippen molar-refractivity contribution in [2.24, 2.45) is 0 Å². The molecule has 0 heterocycles. The normalized spacial score (nSPS) is 11.0. The van der Waals surface area contributed by atoms with Gasteiger partial charge in [-0.3, -0.25) is 0 Å². The van der Waals surface area contributed by atoms with Crippen LogP contribution >= 0.6 is 7.92 Å². The van der Waals surface area contributed by atoms with Gasteiger partial charge in [-0.15, -0.1) is 0 Å². The van der Waals surface area contributed by atoms with Crippen LogP contribution in [0.25, 0.3) is 0 Å². The van der Waals surface area contributed by atoms with Crippen LogP contribution in [0.2, 0.25) is 0 Å². The van der Waals surface area contributed by atoms with Crippen molar-refractivity contribution in [3.05, 3.63) is 35.4 Å². The molecule has 2 N–H and O–H groups in total. The van der Waals surface area contributed by atoms with E-state index in [0.29, 0.717) is 11.5 Å². The van der Waals surface area contributed by atoms with Crippen LogP contribution in [0.15, 0.2) is 24.3 Å². The molecule has 0 radical (unpaired) electrons. The summed E-state index contributed by atoms with van der Waals surface area (Å²) in [7, 11) is 2.31. The number of unbranched alkanes of at least 4 members (excludes halogenated alkanes) is 1. The molecule has 25 heavy (non-hydrogen) atoms. The van der Waals surface area contributed by atoms with Crippen LogP contribution in [0.3, 0.4) is 0 Å². The molecule has 4 nitrogen and oxygen atoms in total. The van der Waals surface area contributed by atoms with E-state index in [1.165, 1.54) is 0 Å². The first-order chi connectivity index (χ1) is 11.9. The lowest BCUT2D eigenvalue weighted by Crippen LogP contribution is -2.17. The maximum Gasteiger partial charge on any atom is 0.126 e. The van der Waals surface area contributed by atoms with Gasteiger partial charge in [0.15, 0.2) is 0 Å². The van der Waals surface area contributed by atoms with Crippen molar-refractivity contribution in [2.75, 3.05) is 20.4 Å². The number of phenols is 2. The quantitative estimate of drug-likeness (QED) is 0.732. The van der Waals surface area contributed by atoms with E-state index in [0.717, 1.165) is 40.7 Å². The van der Waals surface area contributed by atoms with E-state index in [-0.39, 0.29) is 11.5 Å². The predicted octanol–water partition coefficient (Wildman–Crippen LogP) is 3.96. The summed E-state index contributed by atoms with van der Waals surface area (Å²) < 4.78 is 10.8. The van der Waals surface area contributed by atoms with Crippen LogP contribution in [-0.4, -0.2) is 30.6 Å². The minimum atomic E-state index is -0.935. The van der Waals surface area contributed by atoms with Gasteiger partial charge in [-0.05, 0) is 69.7 Å². The van der Waals surface area contributed by atoms with Gasteiger partial charge < -0.3 is 19.7 Å². The summed E-state index contributed by atoms with van der Waals surface area (Å²) in [4.78, 5) is 0. The first kappa shape index (κ1) is 19.4. The Kier molecular flexibility index (Phi) is 6.55. The number of hydrogen-bond acceptors (Lipinski definition) is 4. The van der Waals surface area contributed by atoms with Gasteiger partial charge in [0, 0.05) is 10.6 Å². The third-order valence-electron chi connectivity index (χ3n) is 4.30. The molecule has 2 aromatic carbocycles. The van der Waals surface area contributed by atoms with Crippen LogP contribution in [-0.2, 0) is 0 Å². The number of methoxy groups -OCH3 is 2. The van der Waals surface area contributed by atoms with Gasteiger partial charge in [0.25, 0.3) is 0 Å². The monoisotopic (exact) mass is 362 g/mol. The number of aromatic hydroxyl groups is 2. The summed E-state index contributed by atoms with van der Waals surface area (Å²) in [5.41, 5.74) is 1.55. The summed E-state index contributed by atoms with van der Waals surface area (Å²) in [6.07, 6.45) is 2.94. The Morgan fingerprint density at radius 2 is 1.28 bits per heavy atom. The molecular formula is C20H27O4P. The third kappa shape index (κ3) is 4.19. The van der Waals surface area contributed by atoms with E-state index in [4.69, 9.17) is 9.47 Å². The Hall–Kier alpha value is -1.93. The molecule has 2 aromatic rings. The molecule has 136 valence electrons. The van der Waals surface area contributed by atoms with Gasteiger partial charge in [0.2, 0.25) is 0 Å². The van der Waals surface area contributed by atoms with Crippen LogP contribution in [0, 0.1) is 13.8 Å². The van der Waals surface area contributed by atoms with E-state index in [2.05, 4.69) is 6.92 Å². The average Bonchev–Trinajstić information content (AvgIpc) is 2.61. The van der Waals surface area contributed by atoms with E-state index < -0.39 is 7.92 Å². The molecule has 0 aliphatic rings. The van der Waals surface area contributed by atoms with Crippen LogP contribution in [0.5, 0.6) is 23.0 Å². The number of phenolic OH excluding ortho intramolecular Hbond substituents is 2. The summed E-state index contributed by atoms with van der Waals surface area (Å²) >= 11 is 0. The van der Waals surface area contributed by atoms with E-state index in [1.807, 2.05) is 38.1 Å². The fraction of sp³-hybridized carbons (Fsp3) is 0.400. The highest BCUT2D eigenvalue weighted by Gasteiger charge is 2.23. The van der Waals surface area contributed by atoms with Gasteiger partial charge in [-0.25, -0.2) is 0 Å². The predicted molar refractivity (Wildman–Crippen MR) is 105 cm³/mol. The van der Waals surface area contributed by atoms with Crippen molar-refractivity contribution in [3.63, 3.8) is 0 Å². The van der Waals surface area contributed by atoms with Crippen molar-refractivity contribution < 1.29 is 19.7 Å². The summed E-state index contributed by atoms with van der Waals surface area (Å²) in [6.45, 7) is 5.87. The van der Waals surface area contributed by atoms with E-state index >= 15 is 0 Å². The average molecular weight is 362 g/mol. The van der Waals surface area contributed by atoms with E-state index in [9.17, 15) is 10.2 Å². The second-order valence-electron chi connectivity index (χ2n) is 6.13. The van der Waals surface area contributed by atoms with Crippen molar-refractivity contribution >= 4 is 18.5 Å². The Morgan fingerprint density at radius 1 is 0.840 bits per heavy atom. The second-order valence-corrected chi connectivity index (χ2v) is 8.40. The summed E-state index contributed by atoms with van der Waals surface area (Å²) in [5.74, 6) is 1.99. The highest BCUT2D eigenvalue weighted by molar-refractivity contribution is 7.73. The molecule has 0 saturated carbocycles. The van der Waals surface area contributed by atoms with Crippen LogP contribution < -0.4 is 20.1 Å². The highest BCUT2D eigenvalue weighted by atomic mass is 31.1. The summed E-state index contributed by atoms with van der Waals surface area (Å²) in [6, 6.07) is 7.42. The van der Waals surface area contributed by atoms with Crippen LogP contribution in [0.4, 0.5) is 0 Å². The third-order valence-corrected chi connectivity index (χ3v) is 6.90. The van der Waals surface area contributed by atoms with Gasteiger partial charge in [-0.1, -0.05) is 13.3 Å². The minimum Gasteiger partial charge on any atom is -0.507 e. The molecule has 0 fully saturated rings. The van der Waals surface area contributed by atoms with Crippen LogP contribution in [0.1, 0.15) is 30.9 Å². The number of aryl methyl sites for hydroxylation is 2. The number of ether oxygens (including phenoxy) is 2. The Morgan fingerprint density at radius 3 is 1.64 bits per heavy atom. The molecule has 2 rings (SSSR count). The molecule has 0 atom stereocenters. The maximum absolute atomic E-state index is 10.7. The Labute approximate surface area is 151 Å². The number of hydrogen-bond donors (Lipinski definition) is 2. The zero-order valence-electron chi connectivity index (χ0n) is 15.6. The zero-order valence-corrected chi connectivity index (χ0v) is 16.5. The van der Waals surface area contributed by atoms with Crippen molar-refractivity contribution in [2.45, 2.75) is 33.6 Å². The number of benzene rings is 2. The first-order valence-corrected chi connectivity index (χ1v) is 9.98. The van der Waals surface area contributed by atoms with Gasteiger partial charge in [-0.2, -0.15) is 0 Å². The minimum absolute atomic E-state index is 0.280. The highest BCUT2D eigenvalue weighted by Crippen LogP contribution is 2.44. The Bertz CT molecular complexity index is 683. The fourth-order valence-corrected chi connectivity index (χ4v) is 5.60. The van der Waals surface area contributed by atoms with Gasteiger partial charge in [0.05, 0.1) is 14.2 Å². The standard InChI is InChI=1S/C20H27O4P/c1-6-7-8-25(17-11-15(23-4)9-13(2)19(17)21)18-12-16(24-5)10-14(3)20(18)22/h9-12,21-22H,6-8H2,1-5H3. The topological polar surface area (TPSA) is 58.9 Å². The molecule has 0 bridgehead atoms. The largest absolute Gasteiger partial charge is 0.507 e. The van der Waals surface area contributed by atoms with Crippen molar-refractivity contribution in [1.29, 1.82) is 0 Å². The molecule has 0 aliphatic carbocycles. The lowest BCUT2D eigenvalue weighted by molar-refractivity contribution is 0.412. The zero-order chi connectivity index (χ0) is 18.6. The van der Waals surface area contributed by atoms with Gasteiger partial charge in [0.1, 0.15) is 23.0 Å². The Balaban J connectivity index is 2.66. The molecule has 0 aromatic heterocycles. The fourth-order valence-electron chi connectivity index (χ4n) is 2.79. The SMILES string of the molecule is CCCCP(c1cc(OC)cc(C)c1O)c1cc(OC)cc(C)c1O. The summed E-state index contributed by atoms with van der Waals surface area (Å²) in [5, 5.41) is 23.0. The maximum atomic E-state index is 10.7. The molecular weight excluding hydrogens is 335 g/mol. The molecule has 0 unspecified atom stereocenters. The lowest BCUT2D eigenvalue weighted by atomic mass is 10.2. The van der Waals surface area contributed by atoms with Crippen molar-refractivity contribution in [3.8, 4) is 23.0 Å². The number of rotatable bonds is 7. The molecule has 0 aliphatic heterocycles. The molecule has 0 amide bonds.